The minimum absolute atomic E-state index is 0.206. The number of rotatable bonds is 3. The Morgan fingerprint density at radius 1 is 1.05 bits per heavy atom. The molecular formula is C16H22N2S2. The highest BCUT2D eigenvalue weighted by atomic mass is 32.2. The number of nitrogens with zero attached hydrogens (tertiary/aromatic N) is 2. The van der Waals surface area contributed by atoms with Crippen LogP contribution in [0, 0.1) is 20.8 Å². The van der Waals surface area contributed by atoms with E-state index in [-0.39, 0.29) is 5.41 Å². The van der Waals surface area contributed by atoms with Crippen LogP contribution in [0.15, 0.2) is 16.5 Å². The molecule has 0 fully saturated rings. The number of hydrogen-bond acceptors (Lipinski definition) is 4. The van der Waals surface area contributed by atoms with Crippen molar-refractivity contribution in [2.45, 2.75) is 57.0 Å². The molecule has 0 aliphatic carbocycles. The molecule has 0 saturated carbocycles. The standard InChI is InChI=1S/C16H22N2S2/c1-10-7-13(16(4,5)6)8-11(2)14(10)9-19-15-18-17-12(3)20-15/h7-8H,9H2,1-6H3. The minimum Gasteiger partial charge on any atom is -0.143 e. The average Bonchev–Trinajstić information content (AvgIpc) is 2.72. The number of benzene rings is 1. The summed E-state index contributed by atoms with van der Waals surface area (Å²) in [5.41, 5.74) is 5.80. The Labute approximate surface area is 130 Å². The van der Waals surface area contributed by atoms with Gasteiger partial charge in [-0.1, -0.05) is 56.0 Å². The summed E-state index contributed by atoms with van der Waals surface area (Å²) in [7, 11) is 0. The lowest BCUT2D eigenvalue weighted by molar-refractivity contribution is 0.589. The van der Waals surface area contributed by atoms with E-state index in [9.17, 15) is 0 Å². The molecule has 4 heteroatoms. The lowest BCUT2D eigenvalue weighted by Crippen LogP contribution is -2.12. The zero-order valence-electron chi connectivity index (χ0n) is 13.1. The lowest BCUT2D eigenvalue weighted by Gasteiger charge is -2.22. The third-order valence-electron chi connectivity index (χ3n) is 3.41. The maximum atomic E-state index is 4.18. The van der Waals surface area contributed by atoms with Crippen molar-refractivity contribution in [1.29, 1.82) is 0 Å². The van der Waals surface area contributed by atoms with E-state index in [1.165, 1.54) is 22.3 Å². The van der Waals surface area contributed by atoms with Crippen LogP contribution in [0.3, 0.4) is 0 Å². The third-order valence-corrected chi connectivity index (χ3v) is 5.41. The van der Waals surface area contributed by atoms with E-state index in [1.807, 2.05) is 6.92 Å². The van der Waals surface area contributed by atoms with Gasteiger partial charge < -0.3 is 0 Å². The Kier molecular flexibility index (Phi) is 4.55. The molecule has 0 atom stereocenters. The summed E-state index contributed by atoms with van der Waals surface area (Å²) in [6.45, 7) is 13.2. The highest BCUT2D eigenvalue weighted by molar-refractivity contribution is 8.00. The van der Waals surface area contributed by atoms with Crippen molar-refractivity contribution < 1.29 is 0 Å². The van der Waals surface area contributed by atoms with Crippen molar-refractivity contribution >= 4 is 23.1 Å². The fraction of sp³-hybridized carbons (Fsp3) is 0.500. The van der Waals surface area contributed by atoms with Crippen LogP contribution in [-0.2, 0) is 11.2 Å². The Morgan fingerprint density at radius 3 is 2.10 bits per heavy atom. The van der Waals surface area contributed by atoms with Gasteiger partial charge in [0.2, 0.25) is 0 Å². The molecule has 0 amide bonds. The summed E-state index contributed by atoms with van der Waals surface area (Å²) < 4.78 is 1.06. The van der Waals surface area contributed by atoms with Gasteiger partial charge in [-0.2, -0.15) is 0 Å². The summed E-state index contributed by atoms with van der Waals surface area (Å²) in [5.74, 6) is 0.969. The number of hydrogen-bond donors (Lipinski definition) is 0. The van der Waals surface area contributed by atoms with Gasteiger partial charge in [-0.05, 0) is 48.4 Å². The minimum atomic E-state index is 0.206. The predicted molar refractivity (Wildman–Crippen MR) is 88.8 cm³/mol. The Bertz CT molecular complexity index is 586. The van der Waals surface area contributed by atoms with Gasteiger partial charge in [0.25, 0.3) is 0 Å². The van der Waals surface area contributed by atoms with Crippen LogP contribution < -0.4 is 0 Å². The van der Waals surface area contributed by atoms with E-state index in [0.717, 1.165) is 15.1 Å². The van der Waals surface area contributed by atoms with Crippen LogP contribution in [-0.4, -0.2) is 10.2 Å². The van der Waals surface area contributed by atoms with Gasteiger partial charge in [0, 0.05) is 5.75 Å². The van der Waals surface area contributed by atoms with Crippen LogP contribution in [0.25, 0.3) is 0 Å². The van der Waals surface area contributed by atoms with E-state index in [1.54, 1.807) is 23.1 Å². The fourth-order valence-electron chi connectivity index (χ4n) is 2.12. The molecule has 0 N–H and O–H groups in total. The van der Waals surface area contributed by atoms with Crippen molar-refractivity contribution in [2.75, 3.05) is 0 Å². The third kappa shape index (κ3) is 3.61. The van der Waals surface area contributed by atoms with Crippen molar-refractivity contribution in [3.63, 3.8) is 0 Å². The fourth-order valence-corrected chi connectivity index (χ4v) is 4.14. The van der Waals surface area contributed by atoms with Gasteiger partial charge in [0.05, 0.1) is 0 Å². The summed E-state index contributed by atoms with van der Waals surface area (Å²) in [6.07, 6.45) is 0. The van der Waals surface area contributed by atoms with Crippen molar-refractivity contribution in [3.8, 4) is 0 Å². The zero-order valence-corrected chi connectivity index (χ0v) is 14.7. The van der Waals surface area contributed by atoms with Gasteiger partial charge >= 0.3 is 0 Å². The monoisotopic (exact) mass is 306 g/mol. The molecule has 108 valence electrons. The lowest BCUT2D eigenvalue weighted by atomic mass is 9.84. The van der Waals surface area contributed by atoms with E-state index in [0.29, 0.717) is 0 Å². The molecule has 2 aromatic rings. The molecule has 0 bridgehead atoms. The molecule has 0 saturated heterocycles. The van der Waals surface area contributed by atoms with E-state index < -0.39 is 0 Å². The maximum Gasteiger partial charge on any atom is 0.174 e. The molecule has 1 aromatic heterocycles. The first-order valence-corrected chi connectivity index (χ1v) is 8.61. The first kappa shape index (κ1) is 15.5. The van der Waals surface area contributed by atoms with Crippen LogP contribution in [0.4, 0.5) is 0 Å². The molecule has 20 heavy (non-hydrogen) atoms. The Morgan fingerprint density at radius 2 is 1.65 bits per heavy atom. The first-order chi connectivity index (χ1) is 9.27. The van der Waals surface area contributed by atoms with Crippen molar-refractivity contribution in [3.05, 3.63) is 39.4 Å². The summed E-state index contributed by atoms with van der Waals surface area (Å²) >= 11 is 3.45. The molecule has 0 unspecified atom stereocenters. The number of aromatic nitrogens is 2. The quantitative estimate of drug-likeness (QED) is 0.742. The van der Waals surface area contributed by atoms with E-state index in [2.05, 4.69) is 56.9 Å². The molecule has 0 spiro atoms. The second-order valence-corrected chi connectivity index (χ2v) is 8.62. The SMILES string of the molecule is Cc1nnc(SCc2c(C)cc(C(C)(C)C)cc2C)s1. The zero-order chi connectivity index (χ0) is 14.9. The molecule has 0 aliphatic rings. The van der Waals surface area contributed by atoms with Gasteiger partial charge in [0.1, 0.15) is 5.01 Å². The summed E-state index contributed by atoms with van der Waals surface area (Å²) in [5, 5.41) is 9.28. The van der Waals surface area contributed by atoms with Gasteiger partial charge in [-0.15, -0.1) is 10.2 Å². The second kappa shape index (κ2) is 5.86. The van der Waals surface area contributed by atoms with Crippen LogP contribution in [0.1, 0.15) is 48.0 Å². The number of thioether (sulfide) groups is 1. The molecule has 2 rings (SSSR count). The molecule has 2 nitrogen and oxygen atoms in total. The Balaban J connectivity index is 2.20. The molecule has 0 radical (unpaired) electrons. The van der Waals surface area contributed by atoms with E-state index in [4.69, 9.17) is 0 Å². The topological polar surface area (TPSA) is 25.8 Å². The van der Waals surface area contributed by atoms with Gasteiger partial charge in [0.15, 0.2) is 4.34 Å². The van der Waals surface area contributed by atoms with Gasteiger partial charge in [-0.3, -0.25) is 0 Å². The van der Waals surface area contributed by atoms with E-state index >= 15 is 0 Å². The van der Waals surface area contributed by atoms with Crippen LogP contribution in [0.5, 0.6) is 0 Å². The molecule has 1 aromatic carbocycles. The first-order valence-electron chi connectivity index (χ1n) is 6.81. The normalized spacial score (nSPS) is 11.9. The van der Waals surface area contributed by atoms with Gasteiger partial charge in [-0.25, -0.2) is 0 Å². The van der Waals surface area contributed by atoms with Crippen molar-refractivity contribution in [1.82, 2.24) is 10.2 Å². The highest BCUT2D eigenvalue weighted by Gasteiger charge is 2.16. The van der Waals surface area contributed by atoms with Crippen LogP contribution >= 0.6 is 23.1 Å². The van der Waals surface area contributed by atoms with Crippen molar-refractivity contribution in [2.24, 2.45) is 0 Å². The smallest absolute Gasteiger partial charge is 0.143 e. The average molecular weight is 307 g/mol. The molecule has 0 aliphatic heterocycles. The highest BCUT2D eigenvalue weighted by Crippen LogP contribution is 2.31. The molecule has 1 heterocycles. The largest absolute Gasteiger partial charge is 0.174 e. The Hall–Kier alpha value is -0.870. The summed E-state index contributed by atoms with van der Waals surface area (Å²) in [6, 6.07) is 4.66. The van der Waals surface area contributed by atoms with Crippen LogP contribution in [0.2, 0.25) is 0 Å². The summed E-state index contributed by atoms with van der Waals surface area (Å²) in [4.78, 5) is 0. The number of aryl methyl sites for hydroxylation is 3. The molecular weight excluding hydrogens is 284 g/mol. The predicted octanol–water partition coefficient (Wildman–Crippen LogP) is 5.05. The second-order valence-electron chi connectivity index (χ2n) is 6.21. The maximum absolute atomic E-state index is 4.18.